The minimum atomic E-state index is -5.17. The van der Waals surface area contributed by atoms with E-state index in [1.807, 2.05) is 48.5 Å². The lowest BCUT2D eigenvalue weighted by Crippen LogP contribution is -2.61. The Morgan fingerprint density at radius 1 is 0.846 bits per heavy atom. The number of pyridine rings is 1. The van der Waals surface area contributed by atoms with Crippen LogP contribution in [0.25, 0.3) is 32.3 Å². The number of amides is 1. The van der Waals surface area contributed by atoms with Crippen LogP contribution in [0.1, 0.15) is 11.7 Å². The Bertz CT molecular complexity index is 1880. The van der Waals surface area contributed by atoms with Gasteiger partial charge in [0.25, 0.3) is 16.0 Å². The van der Waals surface area contributed by atoms with Crippen molar-refractivity contribution in [2.24, 2.45) is 0 Å². The molecule has 0 bridgehead atoms. The van der Waals surface area contributed by atoms with E-state index in [1.165, 1.54) is 11.0 Å². The molecule has 0 radical (unpaired) electrons. The minimum absolute atomic E-state index is 0.0605. The highest BCUT2D eigenvalue weighted by Gasteiger charge is 2.54. The maximum atomic E-state index is 13.7. The van der Waals surface area contributed by atoms with Crippen LogP contribution in [0, 0.1) is 5.82 Å². The minimum Gasteiger partial charge on any atom is -0.297 e. The summed E-state index contributed by atoms with van der Waals surface area (Å²) in [7, 11) is -5.17. The number of hydrogen-bond acceptors (Lipinski definition) is 5. The molecule has 1 saturated heterocycles. The molecule has 5 aromatic rings. The number of alkyl halides is 3. The molecular formula is C28H18F4N2O4S. The second-order valence-electron chi connectivity index (χ2n) is 9.21. The van der Waals surface area contributed by atoms with E-state index in [0.29, 0.717) is 11.1 Å². The maximum Gasteiger partial charge on any atom is 0.405 e. The van der Waals surface area contributed by atoms with E-state index in [-0.39, 0.29) is 5.69 Å². The van der Waals surface area contributed by atoms with Crippen LogP contribution in [0.5, 0.6) is 0 Å². The van der Waals surface area contributed by atoms with Crippen LogP contribution in [-0.4, -0.2) is 37.3 Å². The molecule has 39 heavy (non-hydrogen) atoms. The first-order valence-electron chi connectivity index (χ1n) is 11.8. The molecule has 2 unspecified atom stereocenters. The third-order valence-electron chi connectivity index (χ3n) is 6.69. The van der Waals surface area contributed by atoms with Crippen molar-refractivity contribution in [2.45, 2.75) is 18.3 Å². The predicted molar refractivity (Wildman–Crippen MR) is 138 cm³/mol. The molecule has 1 fully saturated rings. The molecule has 0 saturated carbocycles. The van der Waals surface area contributed by atoms with Crippen molar-refractivity contribution in [3.8, 4) is 0 Å². The van der Waals surface area contributed by atoms with E-state index >= 15 is 0 Å². The molecule has 6 rings (SSSR count). The van der Waals surface area contributed by atoms with E-state index < -0.39 is 45.9 Å². The average molecular weight is 555 g/mol. The third-order valence-corrected chi connectivity index (χ3v) is 7.88. The molecule has 1 aliphatic rings. The number of carbonyl (C=O) groups is 1. The number of fused-ring (bicyclic) bond motifs is 5. The van der Waals surface area contributed by atoms with Gasteiger partial charge < -0.3 is 0 Å². The van der Waals surface area contributed by atoms with Gasteiger partial charge in [-0.15, -0.1) is 0 Å². The number of rotatable bonds is 5. The molecule has 1 aliphatic heterocycles. The molecule has 1 aromatic heterocycles. The number of hydrogen-bond donors (Lipinski definition) is 0. The predicted octanol–water partition coefficient (Wildman–Crippen LogP) is 6.05. The molecule has 0 N–H and O–H groups in total. The standard InChI is InChI=1S/C28H18F4N2O4S/c29-17-10-12-23(33-14-17)25-26(38-39(36,37)15-28(30,31)32)27(35)34(25)24-13-22-18-6-2-1-5-16(18)9-11-20(22)19-7-3-4-8-21(19)24/h1-14,25-26H,15H2. The Morgan fingerprint density at radius 2 is 1.51 bits per heavy atom. The lowest BCUT2D eigenvalue weighted by Gasteiger charge is -2.46. The van der Waals surface area contributed by atoms with Crippen LogP contribution < -0.4 is 4.90 Å². The van der Waals surface area contributed by atoms with Crippen LogP contribution in [0.15, 0.2) is 85.1 Å². The quantitative estimate of drug-likeness (QED) is 0.115. The number of nitrogens with zero attached hydrogens (tertiary/aromatic N) is 2. The normalized spacial score (nSPS) is 18.2. The van der Waals surface area contributed by atoms with Crippen molar-refractivity contribution in [3.63, 3.8) is 0 Å². The number of benzene rings is 4. The molecule has 2 atom stereocenters. The number of aromatic nitrogens is 1. The van der Waals surface area contributed by atoms with Crippen LogP contribution in [0.3, 0.4) is 0 Å². The Morgan fingerprint density at radius 3 is 2.21 bits per heavy atom. The Balaban J connectivity index is 1.54. The Labute approximate surface area is 219 Å². The van der Waals surface area contributed by atoms with Crippen molar-refractivity contribution >= 4 is 54.0 Å². The Hall–Kier alpha value is -4.09. The van der Waals surface area contributed by atoms with E-state index in [2.05, 4.69) is 4.98 Å². The van der Waals surface area contributed by atoms with Gasteiger partial charge in [-0.1, -0.05) is 60.7 Å². The summed E-state index contributed by atoms with van der Waals surface area (Å²) < 4.78 is 81.5. The summed E-state index contributed by atoms with van der Waals surface area (Å²) in [5.74, 6) is -3.79. The van der Waals surface area contributed by atoms with Crippen molar-refractivity contribution < 1.29 is 35.0 Å². The first kappa shape index (κ1) is 25.2. The maximum absolute atomic E-state index is 13.7. The smallest absolute Gasteiger partial charge is 0.297 e. The summed E-state index contributed by atoms with van der Waals surface area (Å²) in [5.41, 5.74) is 0.453. The molecule has 1 amide bonds. The molecule has 0 spiro atoms. The summed E-state index contributed by atoms with van der Waals surface area (Å²) in [5, 5.41) is 5.05. The molecular weight excluding hydrogens is 536 g/mol. The summed E-state index contributed by atoms with van der Waals surface area (Å²) >= 11 is 0. The molecule has 4 aromatic carbocycles. The summed E-state index contributed by atoms with van der Waals surface area (Å²) in [4.78, 5) is 18.7. The topological polar surface area (TPSA) is 76.6 Å². The molecule has 11 heteroatoms. The Kier molecular flexibility index (Phi) is 5.81. The van der Waals surface area contributed by atoms with Gasteiger partial charge >= 0.3 is 6.18 Å². The van der Waals surface area contributed by atoms with Gasteiger partial charge in [0.15, 0.2) is 11.9 Å². The number of carbonyl (C=O) groups excluding carboxylic acids is 1. The highest BCUT2D eigenvalue weighted by molar-refractivity contribution is 7.86. The van der Waals surface area contributed by atoms with E-state index in [1.54, 1.807) is 18.2 Å². The highest BCUT2D eigenvalue weighted by Crippen LogP contribution is 2.46. The number of anilines is 1. The van der Waals surface area contributed by atoms with Gasteiger partial charge in [0, 0.05) is 5.39 Å². The zero-order chi connectivity index (χ0) is 27.5. The number of β-lactam (4-membered cyclic amide) rings is 1. The van der Waals surface area contributed by atoms with Gasteiger partial charge in [-0.2, -0.15) is 21.6 Å². The van der Waals surface area contributed by atoms with Crippen LogP contribution in [0.2, 0.25) is 0 Å². The van der Waals surface area contributed by atoms with Crippen LogP contribution in [-0.2, 0) is 19.1 Å². The zero-order valence-electron chi connectivity index (χ0n) is 19.9. The van der Waals surface area contributed by atoms with E-state index in [9.17, 15) is 30.8 Å². The first-order chi connectivity index (χ1) is 18.5. The van der Waals surface area contributed by atoms with Crippen LogP contribution >= 0.6 is 0 Å². The third kappa shape index (κ3) is 4.47. The molecule has 0 aliphatic carbocycles. The van der Waals surface area contributed by atoms with Gasteiger partial charge in [0.05, 0.1) is 17.6 Å². The van der Waals surface area contributed by atoms with E-state index in [4.69, 9.17) is 4.18 Å². The lowest BCUT2D eigenvalue weighted by atomic mass is 9.90. The SMILES string of the molecule is O=C1C(OS(=O)(=O)CC(F)(F)F)C(c2ccc(F)cn2)N1c1cc2c3ccccc3ccc2c2ccccc12. The summed E-state index contributed by atoms with van der Waals surface area (Å²) in [6, 6.07) is 21.8. The fourth-order valence-corrected chi connectivity index (χ4v) is 6.08. The van der Waals surface area contributed by atoms with Gasteiger partial charge in [0.2, 0.25) is 0 Å². The molecule has 198 valence electrons. The first-order valence-corrected chi connectivity index (χ1v) is 13.4. The van der Waals surface area contributed by atoms with Gasteiger partial charge in [-0.05, 0) is 45.1 Å². The van der Waals surface area contributed by atoms with E-state index in [0.717, 1.165) is 39.2 Å². The second kappa shape index (κ2) is 8.99. The fraction of sp³-hybridized carbons (Fsp3) is 0.143. The monoisotopic (exact) mass is 554 g/mol. The molecule has 6 nitrogen and oxygen atoms in total. The lowest BCUT2D eigenvalue weighted by molar-refractivity contribution is -0.135. The van der Waals surface area contributed by atoms with Gasteiger partial charge in [0.1, 0.15) is 11.9 Å². The zero-order valence-corrected chi connectivity index (χ0v) is 20.7. The van der Waals surface area contributed by atoms with Gasteiger partial charge in [-0.25, -0.2) is 4.39 Å². The molecule has 2 heterocycles. The highest BCUT2D eigenvalue weighted by atomic mass is 32.2. The van der Waals surface area contributed by atoms with Gasteiger partial charge in [-0.3, -0.25) is 18.9 Å². The van der Waals surface area contributed by atoms with Crippen molar-refractivity contribution in [1.82, 2.24) is 4.98 Å². The van der Waals surface area contributed by atoms with Crippen LogP contribution in [0.4, 0.5) is 23.2 Å². The van der Waals surface area contributed by atoms with Crippen molar-refractivity contribution in [2.75, 3.05) is 10.7 Å². The van der Waals surface area contributed by atoms with Crippen molar-refractivity contribution in [3.05, 3.63) is 96.6 Å². The number of halogens is 4. The average Bonchev–Trinajstić information content (AvgIpc) is 2.89. The second-order valence-corrected chi connectivity index (χ2v) is 10.8. The largest absolute Gasteiger partial charge is 0.405 e. The van der Waals surface area contributed by atoms with Crippen molar-refractivity contribution in [1.29, 1.82) is 0 Å². The summed E-state index contributed by atoms with van der Waals surface area (Å²) in [6.07, 6.45) is -5.99. The summed E-state index contributed by atoms with van der Waals surface area (Å²) in [6.45, 7) is 0. The fourth-order valence-electron chi connectivity index (χ4n) is 5.11.